The average Bonchev–Trinajstić information content (AvgIpc) is 2.94. The molecular formula is C20H19ClN2O3. The molecule has 1 aromatic heterocycles. The highest BCUT2D eigenvalue weighted by Gasteiger charge is 2.31. The number of ketones is 1. The number of fused-ring (bicyclic) bond motifs is 5. The fourth-order valence-electron chi connectivity index (χ4n) is 3.54. The zero-order valence-electron chi connectivity index (χ0n) is 14.1. The van der Waals surface area contributed by atoms with Gasteiger partial charge in [0.1, 0.15) is 0 Å². The molecule has 0 aliphatic heterocycles. The van der Waals surface area contributed by atoms with Gasteiger partial charge in [0, 0.05) is 41.5 Å². The van der Waals surface area contributed by atoms with Gasteiger partial charge in [-0.25, -0.2) is 0 Å². The molecule has 0 radical (unpaired) electrons. The number of benzene rings is 2. The van der Waals surface area contributed by atoms with Crippen LogP contribution in [-0.4, -0.2) is 35.2 Å². The van der Waals surface area contributed by atoms with Gasteiger partial charge in [-0.1, -0.05) is 42.5 Å². The van der Waals surface area contributed by atoms with E-state index < -0.39 is 0 Å². The molecule has 134 valence electrons. The molecule has 0 saturated carbocycles. The van der Waals surface area contributed by atoms with E-state index in [-0.39, 0.29) is 30.4 Å². The minimum atomic E-state index is -0.0929. The van der Waals surface area contributed by atoms with Crippen molar-refractivity contribution in [3.05, 3.63) is 70.0 Å². The van der Waals surface area contributed by atoms with Crippen molar-refractivity contribution in [1.82, 2.24) is 9.88 Å². The normalized spacial score (nSPS) is 12.0. The zero-order chi connectivity index (χ0) is 17.4. The highest BCUT2D eigenvalue weighted by Crippen LogP contribution is 2.38. The molecule has 26 heavy (non-hydrogen) atoms. The summed E-state index contributed by atoms with van der Waals surface area (Å²) in [4.78, 5) is 26.0. The van der Waals surface area contributed by atoms with Crippen molar-refractivity contribution in [1.29, 1.82) is 0 Å². The Morgan fingerprint density at radius 3 is 2.27 bits per heavy atom. The second kappa shape index (κ2) is 7.41. The van der Waals surface area contributed by atoms with Crippen molar-refractivity contribution in [2.45, 2.75) is 6.54 Å². The number of aromatic nitrogens is 1. The fraction of sp³-hybridized carbons (Fsp3) is 0.200. The first kappa shape index (κ1) is 18.3. The van der Waals surface area contributed by atoms with E-state index in [1.807, 2.05) is 42.5 Å². The molecule has 0 bridgehead atoms. The van der Waals surface area contributed by atoms with Crippen LogP contribution in [0.1, 0.15) is 15.9 Å². The molecule has 0 amide bonds. The summed E-state index contributed by atoms with van der Waals surface area (Å²) in [6, 6.07) is 14.7. The van der Waals surface area contributed by atoms with Crippen LogP contribution in [0.2, 0.25) is 0 Å². The van der Waals surface area contributed by atoms with Gasteiger partial charge in [0.15, 0.2) is 5.78 Å². The summed E-state index contributed by atoms with van der Waals surface area (Å²) in [7, 11) is 0. The molecule has 0 spiro atoms. The van der Waals surface area contributed by atoms with E-state index in [9.17, 15) is 9.59 Å². The summed E-state index contributed by atoms with van der Waals surface area (Å²) in [5.41, 5.74) is 2.68. The number of carbonyl (C=O) groups excluding carboxylic acids is 1. The predicted molar refractivity (Wildman–Crippen MR) is 104 cm³/mol. The van der Waals surface area contributed by atoms with E-state index in [1.54, 1.807) is 10.6 Å². The molecule has 5 nitrogen and oxygen atoms in total. The van der Waals surface area contributed by atoms with E-state index >= 15 is 0 Å². The number of nitrogens with zero attached hydrogens (tertiary/aromatic N) is 1. The van der Waals surface area contributed by atoms with Gasteiger partial charge in [-0.05, 0) is 6.07 Å². The molecule has 0 saturated heterocycles. The Labute approximate surface area is 156 Å². The SMILES string of the molecule is Cl.O=C1c2ccccc2-c2c1c1ccccc1c(=O)n2CCNCCO. The maximum absolute atomic E-state index is 13.0. The topological polar surface area (TPSA) is 71.3 Å². The zero-order valence-corrected chi connectivity index (χ0v) is 14.9. The average molecular weight is 371 g/mol. The number of pyridine rings is 1. The largest absolute Gasteiger partial charge is 0.395 e. The lowest BCUT2D eigenvalue weighted by atomic mass is 10.0. The lowest BCUT2D eigenvalue weighted by Crippen LogP contribution is -2.30. The third-order valence-electron chi connectivity index (χ3n) is 4.63. The number of hydrogen-bond donors (Lipinski definition) is 2. The molecule has 1 aliphatic rings. The molecule has 2 N–H and O–H groups in total. The number of aliphatic hydroxyl groups is 1. The first-order valence-electron chi connectivity index (χ1n) is 8.35. The number of rotatable bonds is 5. The van der Waals surface area contributed by atoms with Crippen LogP contribution in [-0.2, 0) is 6.54 Å². The van der Waals surface area contributed by atoms with Gasteiger partial charge in [0.2, 0.25) is 0 Å². The molecule has 0 unspecified atom stereocenters. The van der Waals surface area contributed by atoms with Crippen molar-refractivity contribution in [2.24, 2.45) is 0 Å². The number of carbonyl (C=O) groups is 1. The molecule has 2 aromatic carbocycles. The van der Waals surface area contributed by atoms with E-state index in [4.69, 9.17) is 5.11 Å². The standard InChI is InChI=1S/C20H18N2O3.ClH/c23-12-10-21-9-11-22-18-14-6-2-3-7-15(14)19(24)17(18)13-5-1-4-8-16(13)20(22)25;/h1-8,21,23H,9-12H2;1H. The van der Waals surface area contributed by atoms with Gasteiger partial charge in [-0.3, -0.25) is 9.59 Å². The second-order valence-corrected chi connectivity index (χ2v) is 6.07. The highest BCUT2D eigenvalue weighted by molar-refractivity contribution is 6.26. The summed E-state index contributed by atoms with van der Waals surface area (Å²) in [5, 5.41) is 13.3. The highest BCUT2D eigenvalue weighted by atomic mass is 35.5. The van der Waals surface area contributed by atoms with Crippen molar-refractivity contribution in [3.63, 3.8) is 0 Å². The van der Waals surface area contributed by atoms with E-state index in [1.165, 1.54) is 0 Å². The van der Waals surface area contributed by atoms with Crippen LogP contribution in [0, 0.1) is 0 Å². The predicted octanol–water partition coefficient (Wildman–Crippen LogP) is 2.22. The van der Waals surface area contributed by atoms with Crippen LogP contribution in [0.3, 0.4) is 0 Å². The minimum absolute atomic E-state index is 0. The summed E-state index contributed by atoms with van der Waals surface area (Å²) < 4.78 is 1.69. The van der Waals surface area contributed by atoms with Gasteiger partial charge in [0.25, 0.3) is 5.56 Å². The minimum Gasteiger partial charge on any atom is -0.395 e. The Morgan fingerprint density at radius 1 is 0.885 bits per heavy atom. The lowest BCUT2D eigenvalue weighted by Gasteiger charge is -2.15. The molecule has 1 aliphatic carbocycles. The van der Waals surface area contributed by atoms with Crippen molar-refractivity contribution < 1.29 is 9.90 Å². The Bertz CT molecular complexity index is 1040. The molecule has 0 atom stereocenters. The summed E-state index contributed by atoms with van der Waals surface area (Å²) in [5.74, 6) is -0.0288. The van der Waals surface area contributed by atoms with Gasteiger partial charge >= 0.3 is 0 Å². The Morgan fingerprint density at radius 2 is 1.54 bits per heavy atom. The second-order valence-electron chi connectivity index (χ2n) is 6.07. The Hall–Kier alpha value is -2.47. The van der Waals surface area contributed by atoms with E-state index in [0.717, 1.165) is 5.56 Å². The molecular weight excluding hydrogens is 352 g/mol. The fourth-order valence-corrected chi connectivity index (χ4v) is 3.54. The third kappa shape index (κ3) is 2.74. The summed E-state index contributed by atoms with van der Waals surface area (Å²) >= 11 is 0. The maximum Gasteiger partial charge on any atom is 0.258 e. The Kier molecular flexibility index (Phi) is 5.23. The number of hydrogen-bond acceptors (Lipinski definition) is 4. The van der Waals surface area contributed by atoms with Crippen molar-refractivity contribution >= 4 is 29.0 Å². The molecule has 4 rings (SSSR count). The summed E-state index contributed by atoms with van der Waals surface area (Å²) in [6.07, 6.45) is 0. The third-order valence-corrected chi connectivity index (χ3v) is 4.63. The van der Waals surface area contributed by atoms with Crippen LogP contribution in [0.5, 0.6) is 0 Å². The monoisotopic (exact) mass is 370 g/mol. The summed E-state index contributed by atoms with van der Waals surface area (Å²) in [6.45, 7) is 1.50. The van der Waals surface area contributed by atoms with Crippen LogP contribution >= 0.6 is 12.4 Å². The van der Waals surface area contributed by atoms with Gasteiger partial charge in [-0.2, -0.15) is 0 Å². The first-order chi connectivity index (χ1) is 12.2. The maximum atomic E-state index is 13.0. The van der Waals surface area contributed by atoms with Gasteiger partial charge in [-0.15, -0.1) is 12.4 Å². The first-order valence-corrected chi connectivity index (χ1v) is 8.35. The smallest absolute Gasteiger partial charge is 0.258 e. The van der Waals surface area contributed by atoms with Crippen LogP contribution in [0.25, 0.3) is 22.0 Å². The Balaban J connectivity index is 0.00000196. The van der Waals surface area contributed by atoms with Crippen molar-refractivity contribution in [2.75, 3.05) is 19.7 Å². The quantitative estimate of drug-likeness (QED) is 0.528. The number of aliphatic hydroxyl groups excluding tert-OH is 1. The van der Waals surface area contributed by atoms with Gasteiger partial charge < -0.3 is 15.0 Å². The molecule has 0 fully saturated rings. The van der Waals surface area contributed by atoms with E-state index in [2.05, 4.69) is 5.32 Å². The van der Waals surface area contributed by atoms with Crippen LogP contribution < -0.4 is 10.9 Å². The van der Waals surface area contributed by atoms with E-state index in [0.29, 0.717) is 47.2 Å². The number of nitrogens with one attached hydrogen (secondary N) is 1. The molecule has 1 heterocycles. The van der Waals surface area contributed by atoms with Crippen LogP contribution in [0.4, 0.5) is 0 Å². The molecule has 3 aromatic rings. The lowest BCUT2D eigenvalue weighted by molar-refractivity contribution is 0.104. The molecule has 6 heteroatoms. The van der Waals surface area contributed by atoms with Crippen molar-refractivity contribution in [3.8, 4) is 11.3 Å². The number of halogens is 1. The van der Waals surface area contributed by atoms with Gasteiger partial charge in [0.05, 0.1) is 17.9 Å². The van der Waals surface area contributed by atoms with Crippen LogP contribution in [0.15, 0.2) is 53.3 Å².